The van der Waals surface area contributed by atoms with Gasteiger partial charge in [0.05, 0.1) is 15.2 Å². The van der Waals surface area contributed by atoms with Crippen molar-refractivity contribution in [2.75, 3.05) is 6.54 Å². The zero-order valence-electron chi connectivity index (χ0n) is 11.5. The van der Waals surface area contributed by atoms with Crippen molar-refractivity contribution in [1.29, 1.82) is 0 Å². The maximum absolute atomic E-state index is 6.05. The maximum atomic E-state index is 6.05. The van der Waals surface area contributed by atoms with Crippen LogP contribution in [0, 0.1) is 0 Å². The topological polar surface area (TPSA) is 38.3 Å². The van der Waals surface area contributed by atoms with Gasteiger partial charge in [-0.15, -0.1) is 0 Å². The summed E-state index contributed by atoms with van der Waals surface area (Å²) in [6, 6.07) is 9.88. The fourth-order valence-corrected chi connectivity index (χ4v) is 3.21. The molecule has 1 N–H and O–H groups in total. The van der Waals surface area contributed by atoms with E-state index in [0.29, 0.717) is 0 Å². The third-order valence-electron chi connectivity index (χ3n) is 3.31. The van der Waals surface area contributed by atoms with Crippen molar-refractivity contribution in [2.45, 2.75) is 19.4 Å². The zero-order valence-corrected chi connectivity index (χ0v) is 14.7. The van der Waals surface area contributed by atoms with E-state index in [1.165, 1.54) is 0 Å². The molecule has 0 radical (unpaired) electrons. The van der Waals surface area contributed by atoms with Gasteiger partial charge in [0.15, 0.2) is 0 Å². The molecule has 0 amide bonds. The van der Waals surface area contributed by atoms with E-state index in [1.54, 1.807) is 6.26 Å². The first-order valence-electron chi connectivity index (χ1n) is 6.85. The van der Waals surface area contributed by atoms with Gasteiger partial charge in [-0.2, -0.15) is 0 Å². The molecule has 3 rings (SSSR count). The third kappa shape index (κ3) is 2.96. The number of halogens is 2. The molecule has 0 aliphatic heterocycles. The van der Waals surface area contributed by atoms with Crippen LogP contribution < -0.4 is 5.32 Å². The molecule has 1 atom stereocenters. The molecule has 0 aliphatic carbocycles. The van der Waals surface area contributed by atoms with Crippen molar-refractivity contribution < 1.29 is 8.83 Å². The lowest BCUT2D eigenvalue weighted by molar-refractivity contribution is 0.397. The normalized spacial score (nSPS) is 12.9. The number of furan rings is 2. The van der Waals surface area contributed by atoms with Crippen molar-refractivity contribution in [3.05, 3.63) is 57.1 Å². The molecule has 0 saturated carbocycles. The van der Waals surface area contributed by atoms with Crippen LogP contribution >= 0.6 is 31.9 Å². The van der Waals surface area contributed by atoms with Crippen LogP contribution in [0.4, 0.5) is 0 Å². The van der Waals surface area contributed by atoms with Crippen molar-refractivity contribution in [3.8, 4) is 0 Å². The zero-order chi connectivity index (χ0) is 14.8. The van der Waals surface area contributed by atoms with Gasteiger partial charge >= 0.3 is 0 Å². The number of hydrogen-bond donors (Lipinski definition) is 1. The Morgan fingerprint density at radius 1 is 1.19 bits per heavy atom. The highest BCUT2D eigenvalue weighted by Gasteiger charge is 2.23. The predicted octanol–water partition coefficient (Wildman–Crippen LogP) is 5.64. The Kier molecular flexibility index (Phi) is 4.52. The fourth-order valence-electron chi connectivity index (χ4n) is 2.31. The summed E-state index contributed by atoms with van der Waals surface area (Å²) in [5, 5.41) is 4.55. The van der Waals surface area contributed by atoms with Gasteiger partial charge in [0.25, 0.3) is 0 Å². The van der Waals surface area contributed by atoms with Crippen molar-refractivity contribution in [2.24, 2.45) is 0 Å². The smallest absolute Gasteiger partial charge is 0.148 e. The second-order valence-corrected chi connectivity index (χ2v) is 6.54. The highest BCUT2D eigenvalue weighted by Crippen LogP contribution is 2.34. The molecule has 0 saturated heterocycles. The molecule has 0 fully saturated rings. The van der Waals surface area contributed by atoms with Gasteiger partial charge < -0.3 is 14.2 Å². The van der Waals surface area contributed by atoms with E-state index in [-0.39, 0.29) is 6.04 Å². The average molecular weight is 413 g/mol. The van der Waals surface area contributed by atoms with Crippen LogP contribution in [-0.2, 0) is 0 Å². The Labute approximate surface area is 140 Å². The Balaban J connectivity index is 2.05. The minimum absolute atomic E-state index is 0.103. The van der Waals surface area contributed by atoms with Crippen molar-refractivity contribution >= 4 is 42.8 Å². The van der Waals surface area contributed by atoms with Crippen LogP contribution in [0.5, 0.6) is 0 Å². The minimum atomic E-state index is -0.103. The second-order valence-electron chi connectivity index (χ2n) is 4.83. The number of para-hydroxylation sites is 1. The minimum Gasteiger partial charge on any atom is -0.466 e. The van der Waals surface area contributed by atoms with E-state index in [1.807, 2.05) is 24.3 Å². The van der Waals surface area contributed by atoms with Crippen LogP contribution in [0.3, 0.4) is 0 Å². The molecule has 2 heterocycles. The molecule has 110 valence electrons. The highest BCUT2D eigenvalue weighted by atomic mass is 79.9. The molecule has 0 aliphatic rings. The molecule has 3 aromatic rings. The Morgan fingerprint density at radius 3 is 2.71 bits per heavy atom. The van der Waals surface area contributed by atoms with Crippen LogP contribution in [0.25, 0.3) is 11.0 Å². The third-order valence-corrected chi connectivity index (χ3v) is 4.58. The quantitative estimate of drug-likeness (QED) is 0.589. The number of rotatable bonds is 5. The largest absolute Gasteiger partial charge is 0.466 e. The number of nitrogens with one attached hydrogen (secondary N) is 1. The summed E-state index contributed by atoms with van der Waals surface area (Å²) in [4.78, 5) is 0. The van der Waals surface area contributed by atoms with Gasteiger partial charge in [-0.3, -0.25) is 0 Å². The molecule has 1 aromatic carbocycles. The van der Waals surface area contributed by atoms with Gasteiger partial charge in [0.2, 0.25) is 0 Å². The highest BCUT2D eigenvalue weighted by molar-refractivity contribution is 9.11. The van der Waals surface area contributed by atoms with E-state index in [0.717, 1.165) is 44.4 Å². The molecular formula is C16H15Br2NO2. The van der Waals surface area contributed by atoms with Gasteiger partial charge in [-0.1, -0.05) is 19.1 Å². The second kappa shape index (κ2) is 6.38. The van der Waals surface area contributed by atoms with Gasteiger partial charge in [-0.25, -0.2) is 0 Å². The first kappa shape index (κ1) is 14.9. The van der Waals surface area contributed by atoms with Gasteiger partial charge in [0, 0.05) is 5.39 Å². The Morgan fingerprint density at radius 2 is 2.05 bits per heavy atom. The molecule has 5 heteroatoms. The van der Waals surface area contributed by atoms with Crippen molar-refractivity contribution in [3.63, 3.8) is 0 Å². The predicted molar refractivity (Wildman–Crippen MR) is 90.5 cm³/mol. The monoisotopic (exact) mass is 411 g/mol. The average Bonchev–Trinajstić information content (AvgIpc) is 3.07. The lowest BCUT2D eigenvalue weighted by Gasteiger charge is -2.14. The fraction of sp³-hybridized carbons (Fsp3) is 0.250. The lowest BCUT2D eigenvalue weighted by Crippen LogP contribution is -2.22. The van der Waals surface area contributed by atoms with Gasteiger partial charge in [-0.05, 0) is 63.0 Å². The number of fused-ring (bicyclic) bond motifs is 1. The van der Waals surface area contributed by atoms with Gasteiger partial charge in [0.1, 0.15) is 23.1 Å². The molecular weight excluding hydrogens is 398 g/mol. The molecule has 21 heavy (non-hydrogen) atoms. The van der Waals surface area contributed by atoms with E-state index in [2.05, 4.69) is 50.2 Å². The van der Waals surface area contributed by atoms with Crippen LogP contribution in [0.2, 0.25) is 0 Å². The van der Waals surface area contributed by atoms with Crippen molar-refractivity contribution in [1.82, 2.24) is 5.32 Å². The van der Waals surface area contributed by atoms with E-state index >= 15 is 0 Å². The summed E-state index contributed by atoms with van der Waals surface area (Å²) < 4.78 is 13.6. The maximum Gasteiger partial charge on any atom is 0.148 e. The summed E-state index contributed by atoms with van der Waals surface area (Å²) in [6.07, 6.45) is 2.72. The van der Waals surface area contributed by atoms with E-state index < -0.39 is 0 Å². The summed E-state index contributed by atoms with van der Waals surface area (Å²) in [5.41, 5.74) is 0.860. The molecule has 2 aromatic heterocycles. The number of hydrogen-bond acceptors (Lipinski definition) is 3. The van der Waals surface area contributed by atoms with E-state index in [9.17, 15) is 0 Å². The molecule has 1 unspecified atom stereocenters. The summed E-state index contributed by atoms with van der Waals surface area (Å²) in [6.45, 7) is 3.02. The van der Waals surface area contributed by atoms with E-state index in [4.69, 9.17) is 8.83 Å². The Hall–Kier alpha value is -1.04. The first-order valence-corrected chi connectivity index (χ1v) is 8.43. The van der Waals surface area contributed by atoms with Crippen LogP contribution in [-0.4, -0.2) is 6.54 Å². The summed E-state index contributed by atoms with van der Waals surface area (Å²) in [5.74, 6) is 1.68. The molecule has 0 bridgehead atoms. The SMILES string of the molecule is CCCNC(c1cc2cccc(Br)c2o1)c1occc1Br. The molecule has 3 nitrogen and oxygen atoms in total. The van der Waals surface area contributed by atoms with Crippen LogP contribution in [0.15, 0.2) is 54.4 Å². The molecule has 0 spiro atoms. The van der Waals surface area contributed by atoms with Crippen LogP contribution in [0.1, 0.15) is 30.9 Å². The summed E-state index contributed by atoms with van der Waals surface area (Å²) in [7, 11) is 0. The lowest BCUT2D eigenvalue weighted by atomic mass is 10.1. The number of benzene rings is 1. The Bertz CT molecular complexity index is 748. The summed E-state index contributed by atoms with van der Waals surface area (Å²) >= 11 is 7.06. The standard InChI is InChI=1S/C16H15Br2NO2/c1-2-7-19-14(16-12(18)6-8-20-16)13-9-10-4-3-5-11(17)15(10)21-13/h3-6,8-9,14,19H,2,7H2,1H3. The first-order chi connectivity index (χ1) is 10.2.